The van der Waals surface area contributed by atoms with Gasteiger partial charge in [-0.25, -0.2) is 17.6 Å². The molecule has 3 rings (SSSR count). The largest absolute Gasteiger partial charge is 0.355 e. The fourth-order valence-electron chi connectivity index (χ4n) is 2.27. The zero-order valence-electron chi connectivity index (χ0n) is 13.2. The lowest BCUT2D eigenvalue weighted by Crippen LogP contribution is -2.15. The molecule has 132 valence electrons. The zero-order valence-corrected chi connectivity index (χ0v) is 13.2. The molecule has 0 aromatic heterocycles. The minimum Gasteiger partial charge on any atom is -0.355 e. The molecular formula is C19H12F4N2O. The Morgan fingerprint density at radius 3 is 2.12 bits per heavy atom. The lowest BCUT2D eigenvalue weighted by Gasteiger charge is -2.09. The van der Waals surface area contributed by atoms with Gasteiger partial charge in [-0.3, -0.25) is 4.79 Å². The molecule has 2 N–H and O–H groups in total. The number of carbonyl (C=O) groups is 1. The van der Waals surface area contributed by atoms with Crippen LogP contribution in [0.1, 0.15) is 10.4 Å². The van der Waals surface area contributed by atoms with E-state index in [0.29, 0.717) is 23.1 Å². The van der Waals surface area contributed by atoms with Gasteiger partial charge >= 0.3 is 0 Å². The average Bonchev–Trinajstić information content (AvgIpc) is 2.61. The zero-order chi connectivity index (χ0) is 18.7. The Labute approximate surface area is 146 Å². The second-order valence-corrected chi connectivity index (χ2v) is 5.39. The Balaban J connectivity index is 1.71. The third kappa shape index (κ3) is 3.83. The predicted octanol–water partition coefficient (Wildman–Crippen LogP) is 5.24. The first kappa shape index (κ1) is 17.5. The first-order valence-electron chi connectivity index (χ1n) is 7.51. The maximum absolute atomic E-state index is 13.6. The molecule has 0 fully saturated rings. The summed E-state index contributed by atoms with van der Waals surface area (Å²) in [6, 6.07) is 13.7. The van der Waals surface area contributed by atoms with Crippen molar-refractivity contribution in [2.45, 2.75) is 0 Å². The van der Waals surface area contributed by atoms with Crippen LogP contribution in [0.2, 0.25) is 0 Å². The maximum atomic E-state index is 13.6. The number of nitrogens with one attached hydrogen (secondary N) is 2. The van der Waals surface area contributed by atoms with E-state index in [9.17, 15) is 22.4 Å². The molecule has 3 aromatic rings. The number of anilines is 3. The molecular weight excluding hydrogens is 348 g/mol. The van der Waals surface area contributed by atoms with Gasteiger partial charge in [0, 0.05) is 17.1 Å². The molecule has 0 bridgehead atoms. The summed E-state index contributed by atoms with van der Waals surface area (Å²) < 4.78 is 52.9. The second kappa shape index (κ2) is 7.26. The predicted molar refractivity (Wildman–Crippen MR) is 90.4 cm³/mol. The van der Waals surface area contributed by atoms with Crippen LogP contribution in [0.5, 0.6) is 0 Å². The van der Waals surface area contributed by atoms with Crippen molar-refractivity contribution in [2.24, 2.45) is 0 Å². The van der Waals surface area contributed by atoms with Crippen molar-refractivity contribution in [1.82, 2.24) is 0 Å². The molecule has 0 heterocycles. The van der Waals surface area contributed by atoms with Crippen LogP contribution >= 0.6 is 0 Å². The van der Waals surface area contributed by atoms with E-state index in [1.807, 2.05) is 0 Å². The van der Waals surface area contributed by atoms with E-state index in [2.05, 4.69) is 10.6 Å². The van der Waals surface area contributed by atoms with Crippen molar-refractivity contribution in [3.63, 3.8) is 0 Å². The van der Waals surface area contributed by atoms with Crippen LogP contribution in [0.4, 0.5) is 34.6 Å². The molecule has 0 saturated heterocycles. The first-order chi connectivity index (χ1) is 12.4. The fourth-order valence-corrected chi connectivity index (χ4v) is 2.27. The number of amides is 1. The molecule has 0 aliphatic heterocycles. The van der Waals surface area contributed by atoms with E-state index in [0.717, 1.165) is 6.07 Å². The normalized spacial score (nSPS) is 10.5. The van der Waals surface area contributed by atoms with Crippen molar-refractivity contribution in [3.05, 3.63) is 89.5 Å². The Morgan fingerprint density at radius 1 is 0.731 bits per heavy atom. The smallest absolute Gasteiger partial charge is 0.258 e. The highest BCUT2D eigenvalue weighted by Gasteiger charge is 2.18. The summed E-state index contributed by atoms with van der Waals surface area (Å²) in [4.78, 5) is 12.0. The fraction of sp³-hybridized carbons (Fsp3) is 0. The van der Waals surface area contributed by atoms with Crippen molar-refractivity contribution in [2.75, 3.05) is 10.6 Å². The van der Waals surface area contributed by atoms with Gasteiger partial charge < -0.3 is 10.6 Å². The molecule has 3 aromatic carbocycles. The van der Waals surface area contributed by atoms with Crippen LogP contribution in [-0.4, -0.2) is 5.91 Å². The highest BCUT2D eigenvalue weighted by atomic mass is 19.2. The molecule has 0 radical (unpaired) electrons. The minimum absolute atomic E-state index is 0.323. The van der Waals surface area contributed by atoms with Crippen LogP contribution in [0.3, 0.4) is 0 Å². The van der Waals surface area contributed by atoms with Crippen LogP contribution in [0, 0.1) is 23.3 Å². The van der Waals surface area contributed by atoms with Crippen LogP contribution in [-0.2, 0) is 0 Å². The molecule has 3 nitrogen and oxygen atoms in total. The standard InChI is InChI=1S/C19H12F4N2O/c20-11-2-1-3-14(10-11)24-12-4-6-13(7-5-12)25-19(26)15-8-9-16(21)18(23)17(15)22/h1-10,24H,(H,25,26). The summed E-state index contributed by atoms with van der Waals surface area (Å²) in [5.74, 6) is -5.91. The summed E-state index contributed by atoms with van der Waals surface area (Å²) in [6.07, 6.45) is 0. The number of carbonyl (C=O) groups excluding carboxylic acids is 1. The number of halogens is 4. The minimum atomic E-state index is -1.70. The summed E-state index contributed by atoms with van der Waals surface area (Å²) in [5.41, 5.74) is 0.896. The van der Waals surface area contributed by atoms with Gasteiger partial charge in [-0.1, -0.05) is 6.07 Å². The lowest BCUT2D eigenvalue weighted by molar-refractivity contribution is 0.102. The summed E-state index contributed by atoms with van der Waals surface area (Å²) >= 11 is 0. The second-order valence-electron chi connectivity index (χ2n) is 5.39. The quantitative estimate of drug-likeness (QED) is 0.494. The molecule has 0 aliphatic carbocycles. The van der Waals surface area contributed by atoms with Crippen molar-refractivity contribution < 1.29 is 22.4 Å². The monoisotopic (exact) mass is 360 g/mol. The third-order valence-electron chi connectivity index (χ3n) is 3.54. The van der Waals surface area contributed by atoms with Crippen molar-refractivity contribution >= 4 is 23.0 Å². The molecule has 0 spiro atoms. The molecule has 0 saturated carbocycles. The van der Waals surface area contributed by atoms with Gasteiger partial charge in [0.05, 0.1) is 5.56 Å². The van der Waals surface area contributed by atoms with E-state index < -0.39 is 28.9 Å². The molecule has 26 heavy (non-hydrogen) atoms. The number of benzene rings is 3. The molecule has 7 heteroatoms. The molecule has 0 atom stereocenters. The summed E-state index contributed by atoms with van der Waals surface area (Å²) in [7, 11) is 0. The van der Waals surface area contributed by atoms with E-state index in [4.69, 9.17) is 0 Å². The third-order valence-corrected chi connectivity index (χ3v) is 3.54. The van der Waals surface area contributed by atoms with Crippen molar-refractivity contribution in [1.29, 1.82) is 0 Å². The van der Waals surface area contributed by atoms with Gasteiger partial charge in [0.15, 0.2) is 17.5 Å². The summed E-state index contributed by atoms with van der Waals surface area (Å²) in [6.45, 7) is 0. The highest BCUT2D eigenvalue weighted by molar-refractivity contribution is 6.04. The maximum Gasteiger partial charge on any atom is 0.258 e. The van der Waals surface area contributed by atoms with Gasteiger partial charge in [-0.05, 0) is 54.6 Å². The van der Waals surface area contributed by atoms with Gasteiger partial charge in [0.2, 0.25) is 0 Å². The van der Waals surface area contributed by atoms with Gasteiger partial charge in [0.1, 0.15) is 5.82 Å². The van der Waals surface area contributed by atoms with Crippen LogP contribution < -0.4 is 10.6 Å². The SMILES string of the molecule is O=C(Nc1ccc(Nc2cccc(F)c2)cc1)c1ccc(F)c(F)c1F. The van der Waals surface area contributed by atoms with E-state index >= 15 is 0 Å². The Morgan fingerprint density at radius 2 is 1.42 bits per heavy atom. The molecule has 0 aliphatic rings. The van der Waals surface area contributed by atoms with E-state index in [1.54, 1.807) is 24.3 Å². The van der Waals surface area contributed by atoms with E-state index in [1.165, 1.54) is 24.3 Å². The first-order valence-corrected chi connectivity index (χ1v) is 7.51. The Kier molecular flexibility index (Phi) is 4.88. The van der Waals surface area contributed by atoms with Gasteiger partial charge in [-0.15, -0.1) is 0 Å². The van der Waals surface area contributed by atoms with Crippen molar-refractivity contribution in [3.8, 4) is 0 Å². The molecule has 0 unspecified atom stereocenters. The highest BCUT2D eigenvalue weighted by Crippen LogP contribution is 2.21. The number of hydrogen-bond donors (Lipinski definition) is 2. The van der Waals surface area contributed by atoms with Crippen LogP contribution in [0.25, 0.3) is 0 Å². The Hall–Kier alpha value is -3.35. The average molecular weight is 360 g/mol. The number of hydrogen-bond acceptors (Lipinski definition) is 2. The van der Waals surface area contributed by atoms with Crippen LogP contribution in [0.15, 0.2) is 60.7 Å². The lowest BCUT2D eigenvalue weighted by atomic mass is 10.1. The summed E-state index contributed by atoms with van der Waals surface area (Å²) in [5, 5.41) is 5.37. The number of rotatable bonds is 4. The topological polar surface area (TPSA) is 41.1 Å². The van der Waals surface area contributed by atoms with Gasteiger partial charge in [-0.2, -0.15) is 0 Å². The Bertz CT molecular complexity index is 958. The molecule has 1 amide bonds. The van der Waals surface area contributed by atoms with Gasteiger partial charge in [0.25, 0.3) is 5.91 Å². The van der Waals surface area contributed by atoms with E-state index in [-0.39, 0.29) is 5.82 Å².